The zero-order valence-electron chi connectivity index (χ0n) is 8.07. The molecule has 0 aromatic rings. The van der Waals surface area contributed by atoms with Gasteiger partial charge in [0, 0.05) is 11.6 Å². The molecule has 2 nitrogen and oxygen atoms in total. The molecule has 70 valence electrons. The lowest BCUT2D eigenvalue weighted by molar-refractivity contribution is 0.369. The number of nitrogens with zero attached hydrogens (tertiary/aromatic N) is 1. The van der Waals surface area contributed by atoms with Crippen LogP contribution in [-0.2, 0) is 0 Å². The molecule has 1 heterocycles. The Hall–Kier alpha value is -1.57. The maximum absolute atomic E-state index is 4.40. The predicted octanol–water partition coefficient (Wildman–Crippen LogP) is 2.15. The smallest absolute Gasteiger partial charge is 0.0924 e. The van der Waals surface area contributed by atoms with Crippen LogP contribution in [0.4, 0.5) is 0 Å². The van der Waals surface area contributed by atoms with E-state index in [0.29, 0.717) is 5.92 Å². The van der Waals surface area contributed by atoms with Crippen molar-refractivity contribution in [2.75, 3.05) is 0 Å². The van der Waals surface area contributed by atoms with Crippen molar-refractivity contribution in [2.45, 2.75) is 6.92 Å². The van der Waals surface area contributed by atoms with Gasteiger partial charge in [0.2, 0.25) is 0 Å². The van der Waals surface area contributed by atoms with Gasteiger partial charge in [-0.3, -0.25) is 0 Å². The maximum Gasteiger partial charge on any atom is 0.0924 e. The van der Waals surface area contributed by atoms with Gasteiger partial charge in [0.25, 0.3) is 0 Å². The molecule has 0 saturated carbocycles. The van der Waals surface area contributed by atoms with Crippen LogP contribution in [0.25, 0.3) is 0 Å². The zero-order valence-corrected chi connectivity index (χ0v) is 8.07. The van der Waals surface area contributed by atoms with Gasteiger partial charge in [-0.2, -0.15) is 0 Å². The minimum atomic E-state index is 0.0260. The highest BCUT2D eigenvalue weighted by Gasteiger charge is 2.42. The third kappa shape index (κ3) is 0.782. The van der Waals surface area contributed by atoms with E-state index in [1.165, 1.54) is 5.70 Å². The van der Waals surface area contributed by atoms with Crippen molar-refractivity contribution in [1.82, 2.24) is 5.32 Å². The van der Waals surface area contributed by atoms with E-state index in [1.54, 1.807) is 6.34 Å². The Kier molecular flexibility index (Phi) is 1.38. The van der Waals surface area contributed by atoms with Crippen molar-refractivity contribution >= 4 is 6.34 Å². The standard InChI is InChI=1S/C12H12N2/c1-12-9-4-2-6-10(12)13-8-14-11(12)7-3-5-9/h2-9H,1H3,(H,13,14). The average Bonchev–Trinajstić information content (AvgIpc) is 2.18. The summed E-state index contributed by atoms with van der Waals surface area (Å²) in [5.74, 6) is 0.437. The number of hydrogen-bond acceptors (Lipinski definition) is 2. The molecule has 0 fully saturated rings. The molecule has 2 aliphatic carbocycles. The third-order valence-electron chi connectivity index (χ3n) is 3.34. The summed E-state index contributed by atoms with van der Waals surface area (Å²) in [5.41, 5.74) is 2.42. The highest BCUT2D eigenvalue weighted by molar-refractivity contribution is 5.66. The summed E-state index contributed by atoms with van der Waals surface area (Å²) < 4.78 is 0. The minimum absolute atomic E-state index is 0.0260. The molecule has 3 rings (SSSR count). The fraction of sp³-hybridized carbons (Fsp3) is 0.250. The molecular weight excluding hydrogens is 172 g/mol. The average molecular weight is 184 g/mol. The summed E-state index contributed by atoms with van der Waals surface area (Å²) in [6, 6.07) is 0. The van der Waals surface area contributed by atoms with Gasteiger partial charge in [0.15, 0.2) is 0 Å². The fourth-order valence-corrected chi connectivity index (χ4v) is 2.37. The first-order chi connectivity index (χ1) is 6.82. The molecule has 1 aliphatic heterocycles. The Labute approximate surface area is 83.4 Å². The quantitative estimate of drug-likeness (QED) is 0.613. The molecular formula is C12H12N2. The van der Waals surface area contributed by atoms with Gasteiger partial charge in [-0.05, 0) is 19.1 Å². The van der Waals surface area contributed by atoms with Gasteiger partial charge in [-0.15, -0.1) is 0 Å². The molecule has 3 aliphatic rings. The summed E-state index contributed by atoms with van der Waals surface area (Å²) in [6.07, 6.45) is 14.7. The second-order valence-corrected chi connectivity index (χ2v) is 4.03. The van der Waals surface area contributed by atoms with Crippen LogP contribution >= 0.6 is 0 Å². The zero-order chi connectivity index (χ0) is 9.60. The van der Waals surface area contributed by atoms with E-state index >= 15 is 0 Å². The fourth-order valence-electron chi connectivity index (χ4n) is 2.37. The summed E-state index contributed by atoms with van der Waals surface area (Å²) >= 11 is 0. The van der Waals surface area contributed by atoms with Crippen LogP contribution in [0.2, 0.25) is 0 Å². The molecule has 2 heteroatoms. The summed E-state index contributed by atoms with van der Waals surface area (Å²) in [7, 11) is 0. The Morgan fingerprint density at radius 2 is 2.07 bits per heavy atom. The van der Waals surface area contributed by atoms with Crippen molar-refractivity contribution in [3.05, 3.63) is 47.9 Å². The Morgan fingerprint density at radius 1 is 1.29 bits per heavy atom. The lowest BCUT2D eigenvalue weighted by atomic mass is 9.67. The molecule has 0 bridgehead atoms. The number of allylic oxidation sites excluding steroid dienone is 6. The topological polar surface area (TPSA) is 24.4 Å². The van der Waals surface area contributed by atoms with Gasteiger partial charge in [0.05, 0.1) is 17.5 Å². The summed E-state index contributed by atoms with van der Waals surface area (Å²) in [4.78, 5) is 4.40. The second kappa shape index (κ2) is 2.47. The predicted molar refractivity (Wildman–Crippen MR) is 57.7 cm³/mol. The van der Waals surface area contributed by atoms with Crippen LogP contribution in [0.1, 0.15) is 6.92 Å². The molecule has 1 N–H and O–H groups in total. The van der Waals surface area contributed by atoms with Crippen molar-refractivity contribution < 1.29 is 0 Å². The van der Waals surface area contributed by atoms with Crippen LogP contribution in [0, 0.1) is 11.3 Å². The largest absolute Gasteiger partial charge is 0.349 e. The number of aliphatic imine (C=N–C) groups is 1. The molecule has 0 saturated heterocycles. The second-order valence-electron chi connectivity index (χ2n) is 4.03. The highest BCUT2D eigenvalue weighted by atomic mass is 15.0. The van der Waals surface area contributed by atoms with E-state index < -0.39 is 0 Å². The number of nitrogens with one attached hydrogen (secondary N) is 1. The first-order valence-corrected chi connectivity index (χ1v) is 4.89. The van der Waals surface area contributed by atoms with Crippen LogP contribution < -0.4 is 5.32 Å². The first-order valence-electron chi connectivity index (χ1n) is 4.89. The van der Waals surface area contributed by atoms with Crippen molar-refractivity contribution in [3.63, 3.8) is 0 Å². The molecule has 0 aromatic carbocycles. The van der Waals surface area contributed by atoms with E-state index in [4.69, 9.17) is 0 Å². The lowest BCUT2D eigenvalue weighted by Crippen LogP contribution is -2.40. The SMILES string of the molecule is CC12C3=CC=CC1C=CC=C2NC=N3. The first kappa shape index (κ1) is 7.80. The van der Waals surface area contributed by atoms with Gasteiger partial charge in [-0.25, -0.2) is 4.99 Å². The van der Waals surface area contributed by atoms with E-state index in [0.717, 1.165) is 5.70 Å². The van der Waals surface area contributed by atoms with Crippen molar-refractivity contribution in [2.24, 2.45) is 16.3 Å². The summed E-state index contributed by atoms with van der Waals surface area (Å²) in [5, 5.41) is 3.23. The number of rotatable bonds is 0. The van der Waals surface area contributed by atoms with Gasteiger partial charge in [0.1, 0.15) is 0 Å². The molecule has 0 spiro atoms. The Morgan fingerprint density at radius 3 is 2.93 bits per heavy atom. The Balaban J connectivity index is 2.25. The monoisotopic (exact) mass is 184 g/mol. The third-order valence-corrected chi connectivity index (χ3v) is 3.34. The molecule has 14 heavy (non-hydrogen) atoms. The van der Waals surface area contributed by atoms with Crippen LogP contribution in [-0.4, -0.2) is 6.34 Å². The maximum atomic E-state index is 4.40. The Bertz CT molecular complexity index is 424. The number of hydrogen-bond donors (Lipinski definition) is 1. The molecule has 0 amide bonds. The van der Waals surface area contributed by atoms with Gasteiger partial charge in [-0.1, -0.05) is 24.3 Å². The normalized spacial score (nSPS) is 37.1. The minimum Gasteiger partial charge on any atom is -0.349 e. The van der Waals surface area contributed by atoms with E-state index in [9.17, 15) is 0 Å². The van der Waals surface area contributed by atoms with Crippen LogP contribution in [0.3, 0.4) is 0 Å². The van der Waals surface area contributed by atoms with Crippen molar-refractivity contribution in [1.29, 1.82) is 0 Å². The van der Waals surface area contributed by atoms with E-state index in [2.05, 4.69) is 53.7 Å². The van der Waals surface area contributed by atoms with Gasteiger partial charge >= 0.3 is 0 Å². The van der Waals surface area contributed by atoms with Crippen LogP contribution in [0.15, 0.2) is 52.8 Å². The van der Waals surface area contributed by atoms with E-state index in [-0.39, 0.29) is 5.41 Å². The molecule has 0 radical (unpaired) electrons. The summed E-state index contributed by atoms with van der Waals surface area (Å²) in [6.45, 7) is 2.24. The molecule has 0 aromatic heterocycles. The van der Waals surface area contributed by atoms with Crippen molar-refractivity contribution in [3.8, 4) is 0 Å². The lowest BCUT2D eigenvalue weighted by Gasteiger charge is -2.42. The van der Waals surface area contributed by atoms with Crippen LogP contribution in [0.5, 0.6) is 0 Å². The molecule has 2 atom stereocenters. The van der Waals surface area contributed by atoms with E-state index in [1.807, 2.05) is 0 Å². The highest BCUT2D eigenvalue weighted by Crippen LogP contribution is 2.48. The molecule has 2 unspecified atom stereocenters. The van der Waals surface area contributed by atoms with Gasteiger partial charge < -0.3 is 5.32 Å².